The van der Waals surface area contributed by atoms with Gasteiger partial charge in [0.05, 0.1) is 6.04 Å². The largest absolute Gasteiger partial charge is 0.399 e. The van der Waals surface area contributed by atoms with Crippen molar-refractivity contribution in [1.82, 2.24) is 10.3 Å². The van der Waals surface area contributed by atoms with Gasteiger partial charge in [-0.3, -0.25) is 4.98 Å². The van der Waals surface area contributed by atoms with Crippen molar-refractivity contribution in [3.05, 3.63) is 65.5 Å². The normalized spacial score (nSPS) is 21.0. The summed E-state index contributed by atoms with van der Waals surface area (Å²) < 4.78 is 0. The maximum absolute atomic E-state index is 5.74. The first-order valence-corrected chi connectivity index (χ1v) is 7.02. The Bertz CT molecular complexity index is 587. The van der Waals surface area contributed by atoms with Crippen LogP contribution >= 0.6 is 0 Å². The molecule has 1 aromatic carbocycles. The second-order valence-electron chi connectivity index (χ2n) is 5.16. The van der Waals surface area contributed by atoms with Gasteiger partial charge in [-0.25, -0.2) is 0 Å². The van der Waals surface area contributed by atoms with E-state index in [2.05, 4.69) is 34.6 Å². The molecule has 1 saturated heterocycles. The molecule has 3 rings (SSSR count). The molecule has 0 bridgehead atoms. The molecule has 0 saturated carbocycles. The molecule has 1 unspecified atom stereocenters. The van der Waals surface area contributed by atoms with Crippen LogP contribution in [0, 0.1) is 0 Å². The number of nitrogens with zero attached hydrogens (tertiary/aromatic N) is 1. The molecule has 2 heterocycles. The van der Waals surface area contributed by atoms with Crippen LogP contribution in [0.4, 0.5) is 5.69 Å². The molecule has 1 fully saturated rings. The molecule has 0 amide bonds. The third kappa shape index (κ3) is 2.89. The molecule has 3 N–H and O–H groups in total. The maximum atomic E-state index is 5.74. The first-order valence-electron chi connectivity index (χ1n) is 7.02. The number of nitrogens with one attached hydrogen (secondary N) is 1. The molecule has 1 aliphatic rings. The van der Waals surface area contributed by atoms with E-state index in [1.165, 1.54) is 23.1 Å². The average molecular weight is 265 g/mol. The zero-order chi connectivity index (χ0) is 13.8. The number of piperidine rings is 1. The van der Waals surface area contributed by atoms with E-state index in [1.54, 1.807) is 0 Å². The monoisotopic (exact) mass is 265 g/mol. The Hall–Kier alpha value is -2.13. The van der Waals surface area contributed by atoms with Crippen LogP contribution in [0.1, 0.15) is 30.0 Å². The van der Waals surface area contributed by atoms with Crippen LogP contribution < -0.4 is 11.1 Å². The minimum atomic E-state index is 0.273. The number of hydrogen-bond acceptors (Lipinski definition) is 3. The molecule has 0 radical (unpaired) electrons. The van der Waals surface area contributed by atoms with E-state index in [9.17, 15) is 0 Å². The summed E-state index contributed by atoms with van der Waals surface area (Å²) in [5.41, 5.74) is 10.4. The summed E-state index contributed by atoms with van der Waals surface area (Å²) in [6.45, 7) is 1.05. The molecule has 1 aromatic heterocycles. The number of anilines is 1. The number of rotatable bonds is 2. The SMILES string of the molecule is Nc1ccc(/C=C2/CCCNC2c2cccnc2)cc1. The van der Waals surface area contributed by atoms with Gasteiger partial charge in [0.15, 0.2) is 0 Å². The Labute approximate surface area is 119 Å². The topological polar surface area (TPSA) is 50.9 Å². The fourth-order valence-corrected chi connectivity index (χ4v) is 2.65. The van der Waals surface area contributed by atoms with Crippen molar-refractivity contribution in [3.8, 4) is 0 Å². The van der Waals surface area contributed by atoms with E-state index >= 15 is 0 Å². The number of hydrogen-bond donors (Lipinski definition) is 2. The highest BCUT2D eigenvalue weighted by Gasteiger charge is 2.19. The lowest BCUT2D eigenvalue weighted by Crippen LogP contribution is -2.28. The van der Waals surface area contributed by atoms with Crippen LogP contribution in [0.15, 0.2) is 54.4 Å². The summed E-state index contributed by atoms with van der Waals surface area (Å²) in [5.74, 6) is 0. The average Bonchev–Trinajstić information content (AvgIpc) is 2.51. The van der Waals surface area contributed by atoms with Gasteiger partial charge in [-0.05, 0) is 54.3 Å². The Balaban J connectivity index is 1.91. The number of nitrogen functional groups attached to an aromatic ring is 1. The van der Waals surface area contributed by atoms with Crippen LogP contribution in [-0.2, 0) is 0 Å². The number of aromatic nitrogens is 1. The lowest BCUT2D eigenvalue weighted by molar-refractivity contribution is 0.508. The smallest absolute Gasteiger partial charge is 0.0554 e. The third-order valence-corrected chi connectivity index (χ3v) is 3.67. The van der Waals surface area contributed by atoms with Gasteiger partial charge in [-0.2, -0.15) is 0 Å². The van der Waals surface area contributed by atoms with Crippen molar-refractivity contribution in [2.45, 2.75) is 18.9 Å². The minimum Gasteiger partial charge on any atom is -0.399 e. The quantitative estimate of drug-likeness (QED) is 0.820. The Morgan fingerprint density at radius 1 is 1.20 bits per heavy atom. The zero-order valence-electron chi connectivity index (χ0n) is 11.4. The molecule has 0 aliphatic carbocycles. The van der Waals surface area contributed by atoms with E-state index in [-0.39, 0.29) is 6.04 Å². The van der Waals surface area contributed by atoms with Crippen molar-refractivity contribution in [1.29, 1.82) is 0 Å². The van der Waals surface area contributed by atoms with Crippen molar-refractivity contribution >= 4 is 11.8 Å². The summed E-state index contributed by atoms with van der Waals surface area (Å²) >= 11 is 0. The second-order valence-corrected chi connectivity index (χ2v) is 5.16. The number of pyridine rings is 1. The van der Waals surface area contributed by atoms with Crippen LogP contribution in [0.3, 0.4) is 0 Å². The predicted octanol–water partition coefficient (Wildman–Crippen LogP) is 3.17. The summed E-state index contributed by atoms with van der Waals surface area (Å²) in [4.78, 5) is 4.23. The molecule has 0 spiro atoms. The summed E-state index contributed by atoms with van der Waals surface area (Å²) in [6.07, 6.45) is 8.33. The van der Waals surface area contributed by atoms with E-state index in [1.807, 2.05) is 30.6 Å². The standard InChI is InChI=1S/C17H19N3/c18-16-7-5-13(6-8-16)11-14-3-2-10-20-17(14)15-4-1-9-19-12-15/h1,4-9,11-12,17,20H,2-3,10,18H2/b14-11-. The lowest BCUT2D eigenvalue weighted by atomic mass is 9.91. The van der Waals surface area contributed by atoms with E-state index in [0.29, 0.717) is 0 Å². The lowest BCUT2D eigenvalue weighted by Gasteiger charge is -2.27. The molecular formula is C17H19N3. The van der Waals surface area contributed by atoms with Gasteiger partial charge >= 0.3 is 0 Å². The van der Waals surface area contributed by atoms with E-state index < -0.39 is 0 Å². The summed E-state index contributed by atoms with van der Waals surface area (Å²) in [7, 11) is 0. The maximum Gasteiger partial charge on any atom is 0.0554 e. The Kier molecular flexibility index (Phi) is 3.79. The molecule has 2 aromatic rings. The number of benzene rings is 1. The van der Waals surface area contributed by atoms with E-state index in [0.717, 1.165) is 18.7 Å². The van der Waals surface area contributed by atoms with Gasteiger partial charge in [0.1, 0.15) is 0 Å². The molecule has 1 aliphatic heterocycles. The second kappa shape index (κ2) is 5.88. The first kappa shape index (κ1) is 12.9. The first-order chi connectivity index (χ1) is 9.83. The van der Waals surface area contributed by atoms with Crippen LogP contribution in [0.5, 0.6) is 0 Å². The molecule has 1 atom stereocenters. The summed E-state index contributed by atoms with van der Waals surface area (Å²) in [6, 6.07) is 12.4. The van der Waals surface area contributed by atoms with Crippen molar-refractivity contribution in [2.75, 3.05) is 12.3 Å². The summed E-state index contributed by atoms with van der Waals surface area (Å²) in [5, 5.41) is 3.58. The van der Waals surface area contributed by atoms with Crippen LogP contribution in [0.25, 0.3) is 6.08 Å². The van der Waals surface area contributed by atoms with Crippen LogP contribution in [0.2, 0.25) is 0 Å². The van der Waals surface area contributed by atoms with Gasteiger partial charge in [-0.15, -0.1) is 0 Å². The van der Waals surface area contributed by atoms with Gasteiger partial charge in [0, 0.05) is 18.1 Å². The van der Waals surface area contributed by atoms with Crippen molar-refractivity contribution < 1.29 is 0 Å². The molecule has 3 nitrogen and oxygen atoms in total. The van der Waals surface area contributed by atoms with E-state index in [4.69, 9.17) is 5.73 Å². The third-order valence-electron chi connectivity index (χ3n) is 3.67. The van der Waals surface area contributed by atoms with Crippen molar-refractivity contribution in [3.63, 3.8) is 0 Å². The molecule has 20 heavy (non-hydrogen) atoms. The van der Waals surface area contributed by atoms with Crippen molar-refractivity contribution in [2.24, 2.45) is 0 Å². The predicted molar refractivity (Wildman–Crippen MR) is 83.0 cm³/mol. The Morgan fingerprint density at radius 2 is 2.05 bits per heavy atom. The van der Waals surface area contributed by atoms with Gasteiger partial charge in [-0.1, -0.05) is 24.3 Å². The molecule has 102 valence electrons. The van der Waals surface area contributed by atoms with Gasteiger partial charge in [0.2, 0.25) is 0 Å². The zero-order valence-corrected chi connectivity index (χ0v) is 11.4. The Morgan fingerprint density at radius 3 is 2.80 bits per heavy atom. The minimum absolute atomic E-state index is 0.273. The van der Waals surface area contributed by atoms with Gasteiger partial charge in [0.25, 0.3) is 0 Å². The number of nitrogens with two attached hydrogens (primary N) is 1. The highest BCUT2D eigenvalue weighted by atomic mass is 14.9. The molecule has 3 heteroatoms. The van der Waals surface area contributed by atoms with Crippen LogP contribution in [-0.4, -0.2) is 11.5 Å². The molecular weight excluding hydrogens is 246 g/mol. The fourth-order valence-electron chi connectivity index (χ4n) is 2.65. The highest BCUT2D eigenvalue weighted by molar-refractivity contribution is 5.58. The highest BCUT2D eigenvalue weighted by Crippen LogP contribution is 2.29. The van der Waals surface area contributed by atoms with Gasteiger partial charge < -0.3 is 11.1 Å². The fraction of sp³-hybridized carbons (Fsp3) is 0.235.